The summed E-state index contributed by atoms with van der Waals surface area (Å²) in [7, 11) is 3.03. The van der Waals surface area contributed by atoms with Crippen molar-refractivity contribution < 1.29 is 24.2 Å². The molecule has 1 aliphatic heterocycles. The highest BCUT2D eigenvalue weighted by Crippen LogP contribution is 2.31. The van der Waals surface area contributed by atoms with Gasteiger partial charge in [-0.15, -0.1) is 0 Å². The van der Waals surface area contributed by atoms with E-state index in [4.69, 9.17) is 9.47 Å². The molecule has 0 aliphatic carbocycles. The van der Waals surface area contributed by atoms with Crippen LogP contribution in [0.1, 0.15) is 35.2 Å². The van der Waals surface area contributed by atoms with Crippen LogP contribution in [0.5, 0.6) is 11.5 Å². The summed E-state index contributed by atoms with van der Waals surface area (Å²) in [5.41, 5.74) is 1.18. The highest BCUT2D eigenvalue weighted by Gasteiger charge is 2.33. The maximum absolute atomic E-state index is 12.8. The van der Waals surface area contributed by atoms with Gasteiger partial charge in [0.25, 0.3) is 5.91 Å². The van der Waals surface area contributed by atoms with E-state index in [-0.39, 0.29) is 5.91 Å². The highest BCUT2D eigenvalue weighted by molar-refractivity contribution is 5.98. The molecule has 120 valence electrons. The summed E-state index contributed by atoms with van der Waals surface area (Å²) in [6, 6.07) is 2.59. The van der Waals surface area contributed by atoms with Crippen LogP contribution in [0.15, 0.2) is 12.1 Å². The molecule has 1 aromatic carbocycles. The second kappa shape index (κ2) is 6.68. The topological polar surface area (TPSA) is 76.1 Å². The van der Waals surface area contributed by atoms with E-state index in [0.29, 0.717) is 30.0 Å². The summed E-state index contributed by atoms with van der Waals surface area (Å²) in [6.07, 6.45) is 2.14. The molecule has 0 bridgehead atoms. The van der Waals surface area contributed by atoms with Crippen LogP contribution in [0.2, 0.25) is 0 Å². The zero-order valence-electron chi connectivity index (χ0n) is 13.1. The first-order valence-corrected chi connectivity index (χ1v) is 7.26. The van der Waals surface area contributed by atoms with E-state index in [2.05, 4.69) is 0 Å². The summed E-state index contributed by atoms with van der Waals surface area (Å²) in [6.45, 7) is 2.26. The Balaban J connectivity index is 2.37. The van der Waals surface area contributed by atoms with Gasteiger partial charge in [0, 0.05) is 12.1 Å². The smallest absolute Gasteiger partial charge is 0.326 e. The van der Waals surface area contributed by atoms with E-state index in [0.717, 1.165) is 18.4 Å². The zero-order chi connectivity index (χ0) is 16.3. The number of carbonyl (C=O) groups is 2. The van der Waals surface area contributed by atoms with E-state index in [1.54, 1.807) is 19.1 Å². The molecule has 1 saturated heterocycles. The molecule has 1 fully saturated rings. The van der Waals surface area contributed by atoms with Crippen molar-refractivity contribution in [2.24, 2.45) is 0 Å². The maximum Gasteiger partial charge on any atom is 0.326 e. The van der Waals surface area contributed by atoms with Gasteiger partial charge in [0.2, 0.25) is 0 Å². The van der Waals surface area contributed by atoms with Crippen LogP contribution in [0.3, 0.4) is 0 Å². The molecule has 0 spiro atoms. The summed E-state index contributed by atoms with van der Waals surface area (Å²) in [4.78, 5) is 25.6. The molecular weight excluding hydrogens is 286 g/mol. The summed E-state index contributed by atoms with van der Waals surface area (Å²) in [5.74, 6) is -0.220. The Morgan fingerprint density at radius 3 is 2.41 bits per heavy atom. The van der Waals surface area contributed by atoms with Crippen molar-refractivity contribution in [3.05, 3.63) is 23.3 Å². The summed E-state index contributed by atoms with van der Waals surface area (Å²) in [5, 5.41) is 9.32. The Bertz CT molecular complexity index is 584. The fourth-order valence-electron chi connectivity index (χ4n) is 2.80. The van der Waals surface area contributed by atoms with Crippen LogP contribution in [0.25, 0.3) is 0 Å². The lowest BCUT2D eigenvalue weighted by atomic mass is 9.99. The molecule has 0 radical (unpaired) electrons. The molecule has 1 amide bonds. The Hall–Kier alpha value is -2.24. The Morgan fingerprint density at radius 2 is 1.82 bits per heavy atom. The minimum Gasteiger partial charge on any atom is -0.493 e. The van der Waals surface area contributed by atoms with Crippen molar-refractivity contribution in [3.8, 4) is 11.5 Å². The van der Waals surface area contributed by atoms with Crippen LogP contribution in [-0.4, -0.2) is 48.7 Å². The van der Waals surface area contributed by atoms with Crippen LogP contribution >= 0.6 is 0 Å². The zero-order valence-corrected chi connectivity index (χ0v) is 13.1. The van der Waals surface area contributed by atoms with Crippen LogP contribution in [0.4, 0.5) is 0 Å². The number of carboxylic acids is 1. The normalized spacial score (nSPS) is 18.0. The number of likely N-dealkylation sites (tertiary alicyclic amines) is 1. The Labute approximate surface area is 129 Å². The average Bonchev–Trinajstić information content (AvgIpc) is 2.53. The van der Waals surface area contributed by atoms with Gasteiger partial charge < -0.3 is 19.5 Å². The molecule has 6 heteroatoms. The molecule has 1 aliphatic rings. The molecule has 0 saturated carbocycles. The molecule has 1 N–H and O–H groups in total. The van der Waals surface area contributed by atoms with Gasteiger partial charge in [0.05, 0.1) is 14.2 Å². The predicted octanol–water partition coefficient (Wildman–Crippen LogP) is 2.09. The van der Waals surface area contributed by atoms with E-state index in [1.165, 1.54) is 19.1 Å². The lowest BCUT2D eigenvalue weighted by Gasteiger charge is -2.33. The highest BCUT2D eigenvalue weighted by atomic mass is 16.5. The largest absolute Gasteiger partial charge is 0.493 e. The van der Waals surface area contributed by atoms with Crippen LogP contribution in [0, 0.1) is 6.92 Å². The lowest BCUT2D eigenvalue weighted by Crippen LogP contribution is -2.48. The van der Waals surface area contributed by atoms with Crippen molar-refractivity contribution in [2.45, 2.75) is 32.2 Å². The third-order valence-corrected chi connectivity index (χ3v) is 4.01. The number of ether oxygens (including phenoxy) is 2. The van der Waals surface area contributed by atoms with Gasteiger partial charge in [-0.1, -0.05) is 0 Å². The first-order chi connectivity index (χ1) is 10.5. The van der Waals surface area contributed by atoms with Crippen LogP contribution < -0.4 is 9.47 Å². The first-order valence-electron chi connectivity index (χ1n) is 7.26. The van der Waals surface area contributed by atoms with Gasteiger partial charge in [-0.3, -0.25) is 4.79 Å². The number of amides is 1. The molecule has 1 heterocycles. The first kappa shape index (κ1) is 16.1. The number of benzene rings is 1. The standard InChI is InChI=1S/C16H21NO5/c1-10-8-13(21-2)14(22-3)9-11(10)15(18)17-7-5-4-6-12(17)16(19)20/h8-9,12H,4-7H2,1-3H3,(H,19,20)/t12-/m1/s1. The number of aryl methyl sites for hydroxylation is 1. The molecular formula is C16H21NO5. The van der Waals surface area contributed by atoms with Gasteiger partial charge >= 0.3 is 5.97 Å². The minimum atomic E-state index is -0.953. The quantitative estimate of drug-likeness (QED) is 0.922. The lowest BCUT2D eigenvalue weighted by molar-refractivity contribution is -0.143. The van der Waals surface area contributed by atoms with Crippen molar-refractivity contribution in [1.29, 1.82) is 0 Å². The van der Waals surface area contributed by atoms with Gasteiger partial charge in [-0.25, -0.2) is 4.79 Å². The number of hydrogen-bond donors (Lipinski definition) is 1. The number of carbonyl (C=O) groups excluding carboxylic acids is 1. The number of piperidine rings is 1. The van der Waals surface area contributed by atoms with Crippen molar-refractivity contribution in [3.63, 3.8) is 0 Å². The monoisotopic (exact) mass is 307 g/mol. The van der Waals surface area contributed by atoms with Gasteiger partial charge in [-0.2, -0.15) is 0 Å². The second-order valence-electron chi connectivity index (χ2n) is 5.37. The van der Waals surface area contributed by atoms with E-state index in [9.17, 15) is 14.7 Å². The van der Waals surface area contributed by atoms with Crippen LogP contribution in [-0.2, 0) is 4.79 Å². The Kier molecular flexibility index (Phi) is 4.90. The predicted molar refractivity (Wildman–Crippen MR) is 80.6 cm³/mol. The number of rotatable bonds is 4. The van der Waals surface area contributed by atoms with Crippen molar-refractivity contribution in [2.75, 3.05) is 20.8 Å². The molecule has 0 unspecified atom stereocenters. The van der Waals surface area contributed by atoms with Crippen molar-refractivity contribution in [1.82, 2.24) is 4.90 Å². The van der Waals surface area contributed by atoms with E-state index < -0.39 is 12.0 Å². The minimum absolute atomic E-state index is 0.273. The molecule has 22 heavy (non-hydrogen) atoms. The molecule has 2 rings (SSSR count). The SMILES string of the molecule is COc1cc(C)c(C(=O)N2CCCC[C@@H]2C(=O)O)cc1OC. The van der Waals surface area contributed by atoms with Gasteiger partial charge in [-0.05, 0) is 43.9 Å². The number of aliphatic carboxylic acids is 1. The Morgan fingerprint density at radius 1 is 1.18 bits per heavy atom. The number of hydrogen-bond acceptors (Lipinski definition) is 4. The number of methoxy groups -OCH3 is 2. The third-order valence-electron chi connectivity index (χ3n) is 4.01. The van der Waals surface area contributed by atoms with Gasteiger partial charge in [0.15, 0.2) is 11.5 Å². The third kappa shape index (κ3) is 3.00. The molecule has 1 atom stereocenters. The van der Waals surface area contributed by atoms with Gasteiger partial charge in [0.1, 0.15) is 6.04 Å². The van der Waals surface area contributed by atoms with Crippen molar-refractivity contribution >= 4 is 11.9 Å². The summed E-state index contributed by atoms with van der Waals surface area (Å²) >= 11 is 0. The molecule has 0 aromatic heterocycles. The molecule has 1 aromatic rings. The number of carboxylic acid groups (broad SMARTS) is 1. The summed E-state index contributed by atoms with van der Waals surface area (Å²) < 4.78 is 10.4. The maximum atomic E-state index is 12.8. The average molecular weight is 307 g/mol. The van der Waals surface area contributed by atoms with E-state index >= 15 is 0 Å². The van der Waals surface area contributed by atoms with E-state index in [1.807, 2.05) is 0 Å². The number of nitrogens with zero attached hydrogens (tertiary/aromatic N) is 1. The fourth-order valence-corrected chi connectivity index (χ4v) is 2.80. The molecule has 6 nitrogen and oxygen atoms in total. The fraction of sp³-hybridized carbons (Fsp3) is 0.500. The second-order valence-corrected chi connectivity index (χ2v) is 5.37.